The van der Waals surface area contributed by atoms with Crippen LogP contribution in [0.4, 0.5) is 0 Å². The van der Waals surface area contributed by atoms with Crippen LogP contribution in [-0.4, -0.2) is 18.9 Å². The molecule has 2 rings (SSSR count). The van der Waals surface area contributed by atoms with Gasteiger partial charge in [-0.05, 0) is 24.1 Å². The molecule has 3 nitrogen and oxygen atoms in total. The molecule has 0 bridgehead atoms. The zero-order valence-corrected chi connectivity index (χ0v) is 10.6. The third kappa shape index (κ3) is 2.17. The normalized spacial score (nSPS) is 18.8. The number of esters is 1. The molecule has 0 fully saturated rings. The van der Waals surface area contributed by atoms with E-state index in [0.29, 0.717) is 27.6 Å². The molecule has 0 saturated heterocycles. The number of carbonyl (C=O) groups excluding carboxylic acids is 2. The molecule has 0 aliphatic heterocycles. The van der Waals surface area contributed by atoms with Crippen LogP contribution in [0.15, 0.2) is 12.1 Å². The SMILES string of the molecule is COC(=O)C1CC(=O)c2ccc(Cl)c(Cl)c2C1. The number of carbonyl (C=O) groups is 2. The topological polar surface area (TPSA) is 43.4 Å². The standard InChI is InChI=1S/C12H10Cl2O3/c1-17-12(16)6-4-8-7(10(15)5-6)2-3-9(13)11(8)14/h2-3,6H,4-5H2,1H3. The van der Waals surface area contributed by atoms with Crippen molar-refractivity contribution in [2.75, 3.05) is 7.11 Å². The molecule has 1 aromatic carbocycles. The summed E-state index contributed by atoms with van der Waals surface area (Å²) < 4.78 is 4.66. The Hall–Kier alpha value is -1.06. The Bertz CT molecular complexity index is 497. The molecule has 0 heterocycles. The minimum atomic E-state index is -0.462. The van der Waals surface area contributed by atoms with Gasteiger partial charge in [0.05, 0.1) is 23.1 Å². The van der Waals surface area contributed by atoms with Crippen LogP contribution in [-0.2, 0) is 16.0 Å². The van der Waals surface area contributed by atoms with Gasteiger partial charge in [0.1, 0.15) is 0 Å². The third-order valence-corrected chi connectivity index (χ3v) is 3.76. The van der Waals surface area contributed by atoms with Gasteiger partial charge >= 0.3 is 5.97 Å². The van der Waals surface area contributed by atoms with Crippen LogP contribution in [0.3, 0.4) is 0 Å². The number of ether oxygens (including phenoxy) is 1. The van der Waals surface area contributed by atoms with Crippen molar-refractivity contribution in [1.82, 2.24) is 0 Å². The van der Waals surface area contributed by atoms with Gasteiger partial charge in [0, 0.05) is 12.0 Å². The number of hydrogen-bond acceptors (Lipinski definition) is 3. The second kappa shape index (κ2) is 4.67. The number of rotatable bonds is 1. The molecule has 0 amide bonds. The lowest BCUT2D eigenvalue weighted by molar-refractivity contribution is -0.145. The minimum absolute atomic E-state index is 0.0970. The highest BCUT2D eigenvalue weighted by atomic mass is 35.5. The summed E-state index contributed by atoms with van der Waals surface area (Å²) in [5.41, 5.74) is 1.20. The molecule has 17 heavy (non-hydrogen) atoms. The van der Waals surface area contributed by atoms with E-state index < -0.39 is 5.92 Å². The van der Waals surface area contributed by atoms with Crippen molar-refractivity contribution in [3.8, 4) is 0 Å². The molecule has 0 spiro atoms. The van der Waals surface area contributed by atoms with E-state index >= 15 is 0 Å². The Morgan fingerprint density at radius 1 is 1.35 bits per heavy atom. The molecule has 1 aromatic rings. The molecule has 1 aliphatic rings. The van der Waals surface area contributed by atoms with Crippen LogP contribution in [0.5, 0.6) is 0 Å². The second-order valence-corrected chi connectivity index (χ2v) is 4.72. The van der Waals surface area contributed by atoms with Crippen LogP contribution < -0.4 is 0 Å². The van der Waals surface area contributed by atoms with E-state index in [4.69, 9.17) is 23.2 Å². The first-order valence-electron chi connectivity index (χ1n) is 5.12. The van der Waals surface area contributed by atoms with Crippen molar-refractivity contribution in [2.24, 2.45) is 5.92 Å². The summed E-state index contributed by atoms with van der Waals surface area (Å²) in [6.45, 7) is 0. The maximum Gasteiger partial charge on any atom is 0.309 e. The first-order chi connectivity index (χ1) is 8.04. The Labute approximate surface area is 109 Å². The van der Waals surface area contributed by atoms with E-state index in [0.717, 1.165) is 0 Å². The lowest BCUT2D eigenvalue weighted by Crippen LogP contribution is -2.27. The minimum Gasteiger partial charge on any atom is -0.469 e. The van der Waals surface area contributed by atoms with E-state index in [2.05, 4.69) is 4.74 Å². The van der Waals surface area contributed by atoms with Gasteiger partial charge in [-0.2, -0.15) is 0 Å². The largest absolute Gasteiger partial charge is 0.469 e. The lowest BCUT2D eigenvalue weighted by Gasteiger charge is -2.22. The number of hydrogen-bond donors (Lipinski definition) is 0. The van der Waals surface area contributed by atoms with Crippen molar-refractivity contribution >= 4 is 35.0 Å². The Morgan fingerprint density at radius 3 is 2.71 bits per heavy atom. The van der Waals surface area contributed by atoms with Crippen LogP contribution in [0.25, 0.3) is 0 Å². The average molecular weight is 273 g/mol. The Kier molecular flexibility index (Phi) is 3.40. The highest BCUT2D eigenvalue weighted by Crippen LogP contribution is 2.35. The molecule has 0 aromatic heterocycles. The zero-order valence-electron chi connectivity index (χ0n) is 9.13. The fraction of sp³-hybridized carbons (Fsp3) is 0.333. The van der Waals surface area contributed by atoms with E-state index in [9.17, 15) is 9.59 Å². The number of methoxy groups -OCH3 is 1. The quantitative estimate of drug-likeness (QED) is 0.739. The smallest absolute Gasteiger partial charge is 0.309 e. The van der Waals surface area contributed by atoms with Crippen molar-refractivity contribution in [3.05, 3.63) is 33.3 Å². The van der Waals surface area contributed by atoms with Gasteiger partial charge in [0.15, 0.2) is 5.78 Å². The first kappa shape index (κ1) is 12.4. The van der Waals surface area contributed by atoms with Crippen LogP contribution in [0, 0.1) is 5.92 Å². The van der Waals surface area contributed by atoms with Gasteiger partial charge in [0.25, 0.3) is 0 Å². The van der Waals surface area contributed by atoms with E-state index in [1.165, 1.54) is 7.11 Å². The summed E-state index contributed by atoms with van der Waals surface area (Å²) >= 11 is 11.9. The van der Waals surface area contributed by atoms with Crippen molar-refractivity contribution in [2.45, 2.75) is 12.8 Å². The summed E-state index contributed by atoms with van der Waals surface area (Å²) in [7, 11) is 1.31. The predicted molar refractivity (Wildman–Crippen MR) is 64.6 cm³/mol. The highest BCUT2D eigenvalue weighted by Gasteiger charge is 2.32. The van der Waals surface area contributed by atoms with Gasteiger partial charge in [-0.25, -0.2) is 0 Å². The summed E-state index contributed by atoms with van der Waals surface area (Å²) in [5.74, 6) is -0.948. The predicted octanol–water partition coefficient (Wildman–Crippen LogP) is 2.91. The number of fused-ring (bicyclic) bond motifs is 1. The maximum absolute atomic E-state index is 11.9. The molecule has 1 aliphatic carbocycles. The van der Waals surface area contributed by atoms with E-state index in [-0.39, 0.29) is 18.2 Å². The van der Waals surface area contributed by atoms with Gasteiger partial charge in [-0.15, -0.1) is 0 Å². The summed E-state index contributed by atoms with van der Waals surface area (Å²) in [6, 6.07) is 3.25. The number of Topliss-reactive ketones (excluding diaryl/α,β-unsaturated/α-hetero) is 1. The number of ketones is 1. The van der Waals surface area contributed by atoms with Crippen LogP contribution >= 0.6 is 23.2 Å². The van der Waals surface area contributed by atoms with Crippen LogP contribution in [0.1, 0.15) is 22.3 Å². The molecule has 5 heteroatoms. The van der Waals surface area contributed by atoms with Crippen molar-refractivity contribution in [3.63, 3.8) is 0 Å². The number of halogens is 2. The van der Waals surface area contributed by atoms with Crippen molar-refractivity contribution in [1.29, 1.82) is 0 Å². The van der Waals surface area contributed by atoms with Crippen molar-refractivity contribution < 1.29 is 14.3 Å². The Morgan fingerprint density at radius 2 is 2.06 bits per heavy atom. The van der Waals surface area contributed by atoms with E-state index in [1.54, 1.807) is 12.1 Å². The molecule has 90 valence electrons. The maximum atomic E-state index is 11.9. The molecular weight excluding hydrogens is 263 g/mol. The molecular formula is C12H10Cl2O3. The van der Waals surface area contributed by atoms with Crippen LogP contribution in [0.2, 0.25) is 10.0 Å². The molecule has 0 radical (unpaired) electrons. The van der Waals surface area contributed by atoms with E-state index in [1.807, 2.05) is 0 Å². The lowest BCUT2D eigenvalue weighted by atomic mass is 9.83. The summed E-state index contributed by atoms with van der Waals surface area (Å²) in [6.07, 6.45) is 0.560. The van der Waals surface area contributed by atoms with Gasteiger partial charge in [0.2, 0.25) is 0 Å². The average Bonchev–Trinajstić information content (AvgIpc) is 2.33. The first-order valence-corrected chi connectivity index (χ1v) is 5.88. The fourth-order valence-corrected chi connectivity index (χ4v) is 2.46. The Balaban J connectivity index is 2.44. The van der Waals surface area contributed by atoms with Gasteiger partial charge in [-0.3, -0.25) is 9.59 Å². The van der Waals surface area contributed by atoms with Gasteiger partial charge < -0.3 is 4.74 Å². The summed E-state index contributed by atoms with van der Waals surface area (Å²) in [4.78, 5) is 23.3. The zero-order chi connectivity index (χ0) is 12.6. The van der Waals surface area contributed by atoms with Gasteiger partial charge in [-0.1, -0.05) is 23.2 Å². The highest BCUT2D eigenvalue weighted by molar-refractivity contribution is 6.42. The molecule has 1 unspecified atom stereocenters. The monoisotopic (exact) mass is 272 g/mol. The number of benzene rings is 1. The molecule has 0 N–H and O–H groups in total. The second-order valence-electron chi connectivity index (χ2n) is 3.94. The molecule has 0 saturated carbocycles. The summed E-state index contributed by atoms with van der Waals surface area (Å²) in [5, 5.41) is 0.745. The molecule has 1 atom stereocenters. The third-order valence-electron chi connectivity index (χ3n) is 2.91. The fourth-order valence-electron chi connectivity index (χ4n) is 2.04.